The van der Waals surface area contributed by atoms with E-state index in [0.29, 0.717) is 0 Å². The molecule has 37 heavy (non-hydrogen) atoms. The van der Waals surface area contributed by atoms with Crippen molar-refractivity contribution in [3.05, 3.63) is 133 Å². The monoisotopic (exact) mass is 488 g/mol. The van der Waals surface area contributed by atoms with Crippen molar-refractivity contribution in [2.24, 2.45) is 0 Å². The van der Waals surface area contributed by atoms with Crippen LogP contribution in [-0.4, -0.2) is 13.3 Å². The smallest absolute Gasteiger partial charge is 0.130 e. The summed E-state index contributed by atoms with van der Waals surface area (Å²) in [5.41, 5.74) is 7.77. The van der Waals surface area contributed by atoms with Gasteiger partial charge in [-0.3, -0.25) is 0 Å². The number of hydrogen-bond donors (Lipinski definition) is 0. The Balaban J connectivity index is 1.26. The predicted molar refractivity (Wildman–Crippen MR) is 151 cm³/mol. The van der Waals surface area contributed by atoms with Gasteiger partial charge >= 0.3 is 0 Å². The topological polar surface area (TPSA) is 30.7 Å². The summed E-state index contributed by atoms with van der Waals surface area (Å²) in [4.78, 5) is 0. The van der Waals surface area contributed by atoms with Crippen LogP contribution in [0.4, 0.5) is 0 Å². The average molecular weight is 489 g/mol. The van der Waals surface area contributed by atoms with E-state index in [-0.39, 0.29) is 0 Å². The van der Waals surface area contributed by atoms with Crippen LogP contribution < -0.4 is 0 Å². The lowest BCUT2D eigenvalue weighted by atomic mass is 10.1. The Kier molecular flexibility index (Phi) is 5.47. The average Bonchev–Trinajstić information content (AvgIpc) is 3.71. The molecule has 0 N–H and O–H groups in total. The lowest BCUT2D eigenvalue weighted by molar-refractivity contribution is 1.19. The van der Waals surface area contributed by atoms with Gasteiger partial charge in [0, 0.05) is 21.9 Å². The largest absolute Gasteiger partial charge is 0.307 e. The van der Waals surface area contributed by atoms with Crippen molar-refractivity contribution < 1.29 is 0 Å². The molecule has 0 amide bonds. The first-order valence-corrected chi connectivity index (χ1v) is 12.7. The third-order valence-corrected chi connectivity index (χ3v) is 6.98. The zero-order valence-corrected chi connectivity index (χ0v) is 20.5. The summed E-state index contributed by atoms with van der Waals surface area (Å²) in [5.74, 6) is 14.0. The van der Waals surface area contributed by atoms with Gasteiger partial charge in [0.2, 0.25) is 0 Å². The highest BCUT2D eigenvalue weighted by atomic mass is 32.1. The fourth-order valence-electron chi connectivity index (χ4n) is 4.69. The summed E-state index contributed by atoms with van der Waals surface area (Å²) in [6.07, 6.45) is 8.00. The summed E-state index contributed by atoms with van der Waals surface area (Å²) in [5, 5.41) is 2.45. The van der Waals surface area contributed by atoms with E-state index in [4.69, 9.17) is 0 Å². The van der Waals surface area contributed by atoms with Crippen molar-refractivity contribution in [3.8, 4) is 29.4 Å². The second-order valence-corrected chi connectivity index (χ2v) is 9.24. The summed E-state index contributed by atoms with van der Waals surface area (Å²) in [6, 6.07) is 29.1. The molecule has 0 atom stereocenters. The van der Waals surface area contributed by atoms with Gasteiger partial charge < -0.3 is 4.57 Å². The lowest BCUT2D eigenvalue weighted by Gasteiger charge is -2.09. The number of para-hydroxylation sites is 2. The fraction of sp³-hybridized carbons (Fsp3) is 0. The highest BCUT2D eigenvalue weighted by Gasteiger charge is 2.17. The Hall–Kier alpha value is -4.38. The molecule has 2 heterocycles. The standard InChI is InChI=1S/C33H18N3S/c1-2-8-23(7-1)13-14-24-15-17-25(18-16-24)19-20-26-21-22-31(33-32(26)34-37-35-33)36-29-11-5-3-9-27(29)28-10-4-6-12-30(28)36/h1-12,15-18,21-22H. The quantitative estimate of drug-likeness (QED) is 0.235. The second kappa shape index (κ2) is 9.25. The van der Waals surface area contributed by atoms with Crippen molar-refractivity contribution in [1.82, 2.24) is 13.3 Å². The molecule has 5 radical (unpaired) electrons. The Morgan fingerprint density at radius 1 is 0.568 bits per heavy atom. The van der Waals surface area contributed by atoms with E-state index in [1.165, 1.54) is 22.5 Å². The molecule has 171 valence electrons. The molecule has 7 rings (SSSR count). The van der Waals surface area contributed by atoms with E-state index in [9.17, 15) is 0 Å². The van der Waals surface area contributed by atoms with Gasteiger partial charge in [0.05, 0.1) is 39.9 Å². The lowest BCUT2D eigenvalue weighted by Crippen LogP contribution is -1.96. The van der Waals surface area contributed by atoms with E-state index < -0.39 is 0 Å². The molecular formula is C33H18N3S. The Morgan fingerprint density at radius 3 is 1.84 bits per heavy atom. The summed E-state index contributed by atoms with van der Waals surface area (Å²) in [6.45, 7) is 0. The number of rotatable bonds is 1. The normalized spacial score (nSPS) is 13.5. The minimum absolute atomic E-state index is 0.828. The molecule has 0 spiro atoms. The Labute approximate surface area is 220 Å². The molecule has 4 aromatic carbocycles. The molecule has 1 fully saturated rings. The van der Waals surface area contributed by atoms with Gasteiger partial charge in [-0.15, -0.1) is 0 Å². The summed E-state index contributed by atoms with van der Waals surface area (Å²) >= 11 is 1.22. The van der Waals surface area contributed by atoms with E-state index in [1.54, 1.807) is 0 Å². The first kappa shape index (κ1) is 21.9. The van der Waals surface area contributed by atoms with E-state index >= 15 is 0 Å². The first-order valence-electron chi connectivity index (χ1n) is 11.9. The minimum atomic E-state index is 0.828. The van der Waals surface area contributed by atoms with Crippen LogP contribution in [0.2, 0.25) is 0 Å². The maximum absolute atomic E-state index is 4.68. The van der Waals surface area contributed by atoms with Crippen LogP contribution in [0.1, 0.15) is 16.7 Å². The molecule has 4 heteroatoms. The van der Waals surface area contributed by atoms with Crippen LogP contribution in [0.3, 0.4) is 0 Å². The summed E-state index contributed by atoms with van der Waals surface area (Å²) in [7, 11) is 0. The number of fused-ring (bicyclic) bond motifs is 4. The van der Waals surface area contributed by atoms with Crippen LogP contribution in [0.5, 0.6) is 0 Å². The zero-order chi connectivity index (χ0) is 24.6. The Morgan fingerprint density at radius 2 is 1.16 bits per heavy atom. The van der Waals surface area contributed by atoms with Crippen molar-refractivity contribution in [2.75, 3.05) is 0 Å². The maximum atomic E-state index is 4.68. The molecule has 3 nitrogen and oxygen atoms in total. The maximum Gasteiger partial charge on any atom is 0.130 e. The molecule has 1 aliphatic rings. The predicted octanol–water partition coefficient (Wildman–Crippen LogP) is 6.94. The van der Waals surface area contributed by atoms with Gasteiger partial charge in [-0.05, 0) is 74.2 Å². The van der Waals surface area contributed by atoms with Crippen molar-refractivity contribution in [2.45, 2.75) is 0 Å². The fourth-order valence-corrected chi connectivity index (χ4v) is 5.26. The molecule has 0 saturated heterocycles. The summed E-state index contributed by atoms with van der Waals surface area (Å²) < 4.78 is 11.6. The molecule has 0 unspecified atom stereocenters. The molecule has 0 bridgehead atoms. The molecule has 0 aliphatic heterocycles. The van der Waals surface area contributed by atoms with Gasteiger partial charge in [0.1, 0.15) is 11.0 Å². The molecule has 6 aromatic rings. The van der Waals surface area contributed by atoms with Crippen LogP contribution in [0, 0.1) is 55.3 Å². The van der Waals surface area contributed by atoms with E-state index in [1.807, 2.05) is 49.9 Å². The van der Waals surface area contributed by atoms with Crippen molar-refractivity contribution in [1.29, 1.82) is 0 Å². The number of nitrogens with zero attached hydrogens (tertiary/aromatic N) is 3. The zero-order valence-electron chi connectivity index (χ0n) is 19.6. The minimum Gasteiger partial charge on any atom is -0.307 e. The van der Waals surface area contributed by atoms with E-state index in [0.717, 1.165) is 50.4 Å². The number of benzene rings is 4. The van der Waals surface area contributed by atoms with Crippen molar-refractivity contribution in [3.63, 3.8) is 0 Å². The third-order valence-electron chi connectivity index (χ3n) is 6.46. The Bertz CT molecular complexity index is 1840. The third kappa shape index (κ3) is 3.97. The number of hydrogen-bond acceptors (Lipinski definition) is 3. The van der Waals surface area contributed by atoms with Crippen LogP contribution in [0.15, 0.2) is 84.9 Å². The highest BCUT2D eigenvalue weighted by molar-refractivity contribution is 7.00. The SMILES string of the molecule is C(#Cc1ccc(C#Cc2ccc(-n3c4ccccc4c4ccccc43)c3nsnc23)cc1)[C]1[CH][CH][CH][CH]1. The first-order chi connectivity index (χ1) is 18.3. The molecule has 1 aliphatic carbocycles. The highest BCUT2D eigenvalue weighted by Crippen LogP contribution is 2.34. The van der Waals surface area contributed by atoms with Gasteiger partial charge in [-0.25, -0.2) is 0 Å². The van der Waals surface area contributed by atoms with Crippen LogP contribution in [-0.2, 0) is 0 Å². The number of aromatic nitrogens is 3. The molecule has 2 aromatic heterocycles. The van der Waals surface area contributed by atoms with Crippen LogP contribution in [0.25, 0.3) is 38.5 Å². The van der Waals surface area contributed by atoms with Gasteiger partial charge in [0.25, 0.3) is 0 Å². The second-order valence-electron chi connectivity index (χ2n) is 8.71. The van der Waals surface area contributed by atoms with Gasteiger partial charge in [-0.2, -0.15) is 8.75 Å². The van der Waals surface area contributed by atoms with Crippen LogP contribution >= 0.6 is 11.7 Å². The molecular weight excluding hydrogens is 470 g/mol. The molecule has 1 saturated carbocycles. The van der Waals surface area contributed by atoms with Gasteiger partial charge in [-0.1, -0.05) is 60.1 Å². The van der Waals surface area contributed by atoms with Gasteiger partial charge in [0.15, 0.2) is 0 Å². The van der Waals surface area contributed by atoms with E-state index in [2.05, 4.69) is 97.7 Å². The van der Waals surface area contributed by atoms with Crippen molar-refractivity contribution >= 4 is 44.6 Å².